The fourth-order valence-electron chi connectivity index (χ4n) is 0. The third kappa shape index (κ3) is 85000. The lowest BCUT2D eigenvalue weighted by atomic mass is 11.3. The molecule has 0 unspecified atom stereocenters. The van der Waals surface area contributed by atoms with Gasteiger partial charge in [0, 0.05) is 0 Å². The van der Waals surface area contributed by atoms with Crippen molar-refractivity contribution in [1.29, 1.82) is 0 Å². The van der Waals surface area contributed by atoms with Crippen LogP contribution in [-0.2, 0) is 91.9 Å². The average molecular weight is 385 g/mol. The summed E-state index contributed by atoms with van der Waals surface area (Å²) in [4.78, 5) is 26.1. The number of carbonyl (C=O) groups is 3. The van der Waals surface area contributed by atoms with Crippen molar-refractivity contribution in [3.8, 4) is 0 Å². The topological polar surface area (TPSA) is 120 Å². The van der Waals surface area contributed by atoms with Crippen molar-refractivity contribution in [1.82, 2.24) is 0 Å². The molecule has 0 saturated carbocycles. The van der Waals surface area contributed by atoms with Crippen molar-refractivity contribution in [3.63, 3.8) is 0 Å². The monoisotopic (exact) mass is 384 g/mol. The third-order valence-electron chi connectivity index (χ3n) is 0. The molecular weight excluding hydrogens is 381 g/mol. The number of hydrogen-bond acceptors (Lipinski definition) is 9. The fraction of sp³-hybridized carbons (Fsp3) is 0. The van der Waals surface area contributed by atoms with Gasteiger partial charge in [-0.15, -0.1) is 13.2 Å². The van der Waals surface area contributed by atoms with Gasteiger partial charge in [0.2, 0.25) is 0 Å². The predicted molar refractivity (Wildman–Crippen MR) is 79.0 cm³/mol. The summed E-state index contributed by atoms with van der Waals surface area (Å²) in [5.74, 6) is 0. The quantitative estimate of drug-likeness (QED) is 0.327. The Labute approximate surface area is 150 Å². The van der Waals surface area contributed by atoms with Gasteiger partial charge in [-0.3, -0.25) is 0 Å². The Balaban J connectivity index is -0.0000000118. The van der Waals surface area contributed by atoms with Crippen LogP contribution >= 0.6 is 0 Å². The van der Waals surface area contributed by atoms with E-state index in [4.69, 9.17) is 29.7 Å². The highest BCUT2D eigenvalue weighted by Gasteiger charge is 1.25. The molecule has 0 aromatic heterocycles. The molecule has 18 heavy (non-hydrogen) atoms. The fourth-order valence-corrected chi connectivity index (χ4v) is 0. The summed E-state index contributed by atoms with van der Waals surface area (Å²) in [5, 5.41) is 21.6. The van der Waals surface area contributed by atoms with E-state index in [9.17, 15) is 0 Å². The highest BCUT2D eigenvalue weighted by molar-refractivity contribution is 7.76. The van der Waals surface area contributed by atoms with Crippen molar-refractivity contribution in [2.24, 2.45) is 0 Å². The molecule has 13 heteroatoms. The van der Waals surface area contributed by atoms with Crippen LogP contribution in [-0.4, -0.2) is 15.9 Å². The van der Waals surface area contributed by atoms with E-state index in [2.05, 4.69) is 51.0 Å². The lowest BCUT2D eigenvalue weighted by Crippen LogP contribution is -2.15. The molecule has 0 heterocycles. The molecule has 0 saturated heterocycles. The predicted octanol–water partition coefficient (Wildman–Crippen LogP) is -2.58. The van der Waals surface area contributed by atoms with Crippen molar-refractivity contribution < 1.29 is 29.7 Å². The molecule has 0 aliphatic rings. The second-order valence-corrected chi connectivity index (χ2v) is 1.75. The van der Waals surface area contributed by atoms with Gasteiger partial charge >= 0.3 is 0 Å². The lowest BCUT2D eigenvalue weighted by molar-refractivity contribution is -0.233. The minimum atomic E-state index is -1.50. The molecule has 0 N–H and O–H groups in total. The molecule has 0 atom stereocenters. The third-order valence-corrected chi connectivity index (χ3v) is 0. The Bertz CT molecular complexity index is 137. The zero-order valence-electron chi connectivity index (χ0n) is 8.22. The maximum atomic E-state index is 8.70. The van der Waals surface area contributed by atoms with Crippen molar-refractivity contribution in [2.75, 3.05) is 0 Å². The van der Waals surface area contributed by atoms with Gasteiger partial charge in [-0.05, 0) is 0 Å². The van der Waals surface area contributed by atoms with E-state index in [0.29, 0.717) is 0 Å². The van der Waals surface area contributed by atoms with Crippen LogP contribution in [0.2, 0.25) is 0 Å². The largest absolute Gasteiger partial charge is 2.00 e. The summed E-state index contributed by atoms with van der Waals surface area (Å²) >= 11 is 10.3. The SMILES string of the molecule is C=C.O=C([O-])[S-].O=C([O-])[S-].O=C([O-])[S-].[S-2].[S-2].[S-2].[S-2]. The molecule has 0 rings (SSSR count). The Morgan fingerprint density at radius 2 is 0.611 bits per heavy atom. The van der Waals surface area contributed by atoms with Gasteiger partial charge in [-0.25, -0.2) is 0 Å². The van der Waals surface area contributed by atoms with Gasteiger partial charge in [0.25, 0.3) is 0 Å². The normalized spacial score (nSPS) is 4.22. The molecule has 0 fully saturated rings. The van der Waals surface area contributed by atoms with Crippen LogP contribution in [0.4, 0.5) is 14.4 Å². The van der Waals surface area contributed by atoms with E-state index in [0.717, 1.165) is 0 Å². The molecule has 0 amide bonds. The molecule has 6 nitrogen and oxygen atoms in total. The van der Waals surface area contributed by atoms with Gasteiger partial charge in [-0.1, -0.05) is 15.9 Å². The van der Waals surface area contributed by atoms with Crippen molar-refractivity contribution in [3.05, 3.63) is 13.2 Å². The maximum Gasteiger partial charge on any atom is -0.0848 e. The van der Waals surface area contributed by atoms with E-state index in [1.165, 1.54) is 0 Å². The van der Waals surface area contributed by atoms with Crippen LogP contribution < -0.4 is 15.3 Å². The molecule has 0 aromatic carbocycles. The summed E-state index contributed by atoms with van der Waals surface area (Å²) in [6.45, 7) is 6.00. The van der Waals surface area contributed by atoms with Crippen LogP contribution in [0.15, 0.2) is 13.2 Å². The zero-order chi connectivity index (χ0) is 12.7. The van der Waals surface area contributed by atoms with Crippen LogP contribution in [0.3, 0.4) is 0 Å². The first-order valence-corrected chi connectivity index (χ1v) is 3.56. The summed E-state index contributed by atoms with van der Waals surface area (Å²) < 4.78 is 0. The molecule has 0 aliphatic carbocycles. The van der Waals surface area contributed by atoms with Gasteiger partial charge in [-0.2, -0.15) is 0 Å². The molecule has 116 valence electrons. The lowest BCUT2D eigenvalue weighted by Gasteiger charge is -2.00. The maximum absolute atomic E-state index is 8.70. The van der Waals surface area contributed by atoms with E-state index in [1.54, 1.807) is 0 Å². The highest BCUT2D eigenvalue weighted by atomic mass is 32.1. The standard InChI is InChI=1S/C2H4.3CH2O2S.4S/c1-2;3*2-1(3)4;;;;/h1-2H2;3*4H,(H,2,3);;;;/q;;;;4*-2/p-6. The molecule has 0 aliphatic heterocycles. The van der Waals surface area contributed by atoms with Gasteiger partial charge < -0.3 is 122 Å². The number of carboxylic acid groups (broad SMARTS) is 3. The van der Waals surface area contributed by atoms with E-state index in [-0.39, 0.29) is 54.0 Å². The van der Waals surface area contributed by atoms with E-state index < -0.39 is 15.9 Å². The van der Waals surface area contributed by atoms with Crippen LogP contribution in [0.25, 0.3) is 0 Å². The van der Waals surface area contributed by atoms with Gasteiger partial charge in [0.1, 0.15) is 0 Å². The van der Waals surface area contributed by atoms with Crippen LogP contribution in [0, 0.1) is 0 Å². The second kappa shape index (κ2) is 53.3. The Hall–Kier alpha value is 0.210. The van der Waals surface area contributed by atoms with E-state index >= 15 is 0 Å². The van der Waals surface area contributed by atoms with Crippen molar-refractivity contribution >= 4 is 108 Å². The number of rotatable bonds is 0. The Morgan fingerprint density at radius 1 is 0.611 bits per heavy atom. The summed E-state index contributed by atoms with van der Waals surface area (Å²) in [6.07, 6.45) is 0. The summed E-state index contributed by atoms with van der Waals surface area (Å²) in [7, 11) is 0. The molecule has 0 bridgehead atoms. The van der Waals surface area contributed by atoms with Crippen LogP contribution in [0.5, 0.6) is 0 Å². The minimum absolute atomic E-state index is 0. The highest BCUT2D eigenvalue weighted by Crippen LogP contribution is 1.38. The molecular formula is C5H4O6S7-14. The first kappa shape index (κ1) is 51.7. The Morgan fingerprint density at radius 3 is 0.611 bits per heavy atom. The second-order valence-electron chi connectivity index (χ2n) is 0.750. The van der Waals surface area contributed by atoms with E-state index in [1.807, 2.05) is 0 Å². The van der Waals surface area contributed by atoms with Crippen molar-refractivity contribution in [2.45, 2.75) is 0 Å². The molecule has 0 radical (unpaired) electrons. The van der Waals surface area contributed by atoms with Gasteiger partial charge in [0.05, 0.1) is 0 Å². The number of hydrogen-bond donors (Lipinski definition) is 0. The average Bonchev–Trinajstić information content (AvgIpc) is 1.86. The zero-order valence-corrected chi connectivity index (χ0v) is 13.9. The Kier molecular flexibility index (Phi) is 153. The smallest absolute Gasteiger partial charge is 0.0848 e. The van der Waals surface area contributed by atoms with Crippen LogP contribution in [0.1, 0.15) is 0 Å². The first-order chi connectivity index (χ1) is 6.20. The number of carbonyl (C=O) groups excluding carboxylic acids is 3. The molecule has 0 aromatic rings. The first-order valence-electron chi connectivity index (χ1n) is 2.34. The van der Waals surface area contributed by atoms with Gasteiger partial charge in [0.15, 0.2) is 0 Å². The summed E-state index contributed by atoms with van der Waals surface area (Å²) in [6, 6.07) is 0. The molecule has 0 spiro atoms. The minimum Gasteiger partial charge on any atom is -2.00 e. The summed E-state index contributed by atoms with van der Waals surface area (Å²) in [5.41, 5.74) is 0.